The molecule has 0 radical (unpaired) electrons. The molecule has 2 unspecified atom stereocenters. The molecule has 104 valence electrons. The maximum absolute atomic E-state index is 13.0. The number of nitrogens with two attached hydrogens (primary N) is 1. The number of carbonyl (C=O) groups excluding carboxylic acids is 1. The van der Waals surface area contributed by atoms with Gasteiger partial charge in [-0.15, -0.1) is 0 Å². The van der Waals surface area contributed by atoms with Gasteiger partial charge in [-0.2, -0.15) is 0 Å². The molecule has 5 heteroatoms. The number of rotatable bonds is 2. The van der Waals surface area contributed by atoms with Gasteiger partial charge >= 0.3 is 0 Å². The molecule has 3 nitrogen and oxygen atoms in total. The average Bonchev–Trinajstić information content (AvgIpc) is 2.38. The Morgan fingerprint density at radius 2 is 2.26 bits per heavy atom. The molecule has 0 spiro atoms. The van der Waals surface area contributed by atoms with Crippen molar-refractivity contribution in [3.63, 3.8) is 0 Å². The lowest BCUT2D eigenvalue weighted by molar-refractivity contribution is 0.0567. The second kappa shape index (κ2) is 5.88. The summed E-state index contributed by atoms with van der Waals surface area (Å²) in [5, 5.41) is 0.159. The lowest BCUT2D eigenvalue weighted by Crippen LogP contribution is -2.47. The highest BCUT2D eigenvalue weighted by molar-refractivity contribution is 6.33. The van der Waals surface area contributed by atoms with Gasteiger partial charge in [-0.05, 0) is 50.4 Å². The van der Waals surface area contributed by atoms with Crippen molar-refractivity contribution >= 4 is 17.5 Å². The fourth-order valence-corrected chi connectivity index (χ4v) is 2.72. The van der Waals surface area contributed by atoms with Gasteiger partial charge in [0.1, 0.15) is 5.82 Å². The second-order valence-electron chi connectivity index (χ2n) is 5.11. The predicted molar refractivity (Wildman–Crippen MR) is 73.7 cm³/mol. The SMILES string of the molecule is CC1CCC(CN)CN1C(=O)c1ccc(F)cc1Cl. The molecule has 0 bridgehead atoms. The molecule has 2 N–H and O–H groups in total. The minimum atomic E-state index is -0.437. The molecule has 0 aromatic heterocycles. The zero-order valence-corrected chi connectivity index (χ0v) is 11.7. The van der Waals surface area contributed by atoms with Crippen molar-refractivity contribution in [2.45, 2.75) is 25.8 Å². The molecule has 1 heterocycles. The first-order chi connectivity index (χ1) is 9.02. The van der Waals surface area contributed by atoms with Crippen LogP contribution in [0.1, 0.15) is 30.1 Å². The van der Waals surface area contributed by atoms with E-state index in [9.17, 15) is 9.18 Å². The predicted octanol–water partition coefficient (Wildman–Crippen LogP) is 2.68. The monoisotopic (exact) mass is 284 g/mol. The molecule has 1 amide bonds. The zero-order valence-electron chi connectivity index (χ0n) is 10.9. The van der Waals surface area contributed by atoms with Crippen LogP contribution in [0.3, 0.4) is 0 Å². The number of likely N-dealkylation sites (tertiary alicyclic amines) is 1. The minimum Gasteiger partial charge on any atom is -0.336 e. The number of amides is 1. The third kappa shape index (κ3) is 3.07. The number of hydrogen-bond acceptors (Lipinski definition) is 2. The highest BCUT2D eigenvalue weighted by Gasteiger charge is 2.29. The van der Waals surface area contributed by atoms with E-state index in [0.29, 0.717) is 24.6 Å². The van der Waals surface area contributed by atoms with Crippen LogP contribution >= 0.6 is 11.6 Å². The summed E-state index contributed by atoms with van der Waals surface area (Å²) < 4.78 is 13.0. The minimum absolute atomic E-state index is 0.143. The fraction of sp³-hybridized carbons (Fsp3) is 0.500. The van der Waals surface area contributed by atoms with Crippen LogP contribution in [0.15, 0.2) is 18.2 Å². The van der Waals surface area contributed by atoms with Crippen molar-refractivity contribution in [2.24, 2.45) is 11.7 Å². The Hall–Kier alpha value is -1.13. The molecular weight excluding hydrogens is 267 g/mol. The van der Waals surface area contributed by atoms with Gasteiger partial charge in [0.2, 0.25) is 0 Å². The molecule has 2 rings (SSSR count). The standard InChI is InChI=1S/C14H18ClFN2O/c1-9-2-3-10(7-17)8-18(9)14(19)12-5-4-11(16)6-13(12)15/h4-6,9-10H,2-3,7-8,17H2,1H3. The van der Waals surface area contributed by atoms with Crippen LogP contribution < -0.4 is 5.73 Å². The Balaban J connectivity index is 2.22. The van der Waals surface area contributed by atoms with E-state index in [1.54, 1.807) is 4.90 Å². The number of piperidine rings is 1. The first-order valence-corrected chi connectivity index (χ1v) is 6.86. The van der Waals surface area contributed by atoms with Crippen molar-refractivity contribution in [3.8, 4) is 0 Å². The van der Waals surface area contributed by atoms with Crippen molar-refractivity contribution < 1.29 is 9.18 Å². The maximum Gasteiger partial charge on any atom is 0.255 e. The van der Waals surface area contributed by atoms with E-state index in [-0.39, 0.29) is 17.0 Å². The summed E-state index contributed by atoms with van der Waals surface area (Å²) in [6.45, 7) is 3.24. The third-order valence-corrected chi connectivity index (χ3v) is 4.05. The first kappa shape index (κ1) is 14.3. The average molecular weight is 285 g/mol. The van der Waals surface area contributed by atoms with Gasteiger partial charge in [0, 0.05) is 12.6 Å². The molecule has 1 aliphatic heterocycles. The maximum atomic E-state index is 13.0. The normalized spacial score (nSPS) is 23.5. The molecule has 1 aromatic rings. The van der Waals surface area contributed by atoms with Crippen LogP contribution in [0.2, 0.25) is 5.02 Å². The largest absolute Gasteiger partial charge is 0.336 e. The summed E-state index contributed by atoms with van der Waals surface area (Å²) in [6.07, 6.45) is 1.98. The number of halogens is 2. The summed E-state index contributed by atoms with van der Waals surface area (Å²) >= 11 is 5.95. The molecule has 2 atom stereocenters. The Morgan fingerprint density at radius 1 is 1.53 bits per heavy atom. The lowest BCUT2D eigenvalue weighted by atomic mass is 9.93. The van der Waals surface area contributed by atoms with E-state index in [1.165, 1.54) is 18.2 Å². The fourth-order valence-electron chi connectivity index (χ4n) is 2.48. The van der Waals surface area contributed by atoms with Crippen molar-refractivity contribution in [1.82, 2.24) is 4.90 Å². The van der Waals surface area contributed by atoms with E-state index in [4.69, 9.17) is 17.3 Å². The molecular formula is C14H18ClFN2O. The Labute approximate surface area is 117 Å². The van der Waals surface area contributed by atoms with Gasteiger partial charge in [0.15, 0.2) is 0 Å². The van der Waals surface area contributed by atoms with Crippen LogP contribution in [-0.4, -0.2) is 29.9 Å². The molecule has 1 saturated heterocycles. The quantitative estimate of drug-likeness (QED) is 0.907. The summed E-state index contributed by atoms with van der Waals surface area (Å²) in [6, 6.07) is 4.04. The van der Waals surface area contributed by atoms with Crippen molar-refractivity contribution in [3.05, 3.63) is 34.6 Å². The van der Waals surface area contributed by atoms with Crippen LogP contribution in [0.4, 0.5) is 4.39 Å². The Bertz CT molecular complexity index is 481. The van der Waals surface area contributed by atoms with Gasteiger partial charge in [-0.3, -0.25) is 4.79 Å². The van der Waals surface area contributed by atoms with Crippen LogP contribution in [-0.2, 0) is 0 Å². The van der Waals surface area contributed by atoms with Gasteiger partial charge in [0.05, 0.1) is 10.6 Å². The molecule has 19 heavy (non-hydrogen) atoms. The molecule has 1 fully saturated rings. The van der Waals surface area contributed by atoms with E-state index >= 15 is 0 Å². The highest BCUT2D eigenvalue weighted by atomic mass is 35.5. The van der Waals surface area contributed by atoms with Crippen LogP contribution in [0.25, 0.3) is 0 Å². The third-order valence-electron chi connectivity index (χ3n) is 3.74. The second-order valence-corrected chi connectivity index (χ2v) is 5.52. The summed E-state index contributed by atoms with van der Waals surface area (Å²) in [4.78, 5) is 14.3. The number of carbonyl (C=O) groups is 1. The van der Waals surface area contributed by atoms with Gasteiger partial charge in [-0.1, -0.05) is 11.6 Å². The van der Waals surface area contributed by atoms with Gasteiger partial charge < -0.3 is 10.6 Å². The molecule has 0 aliphatic carbocycles. The number of hydrogen-bond donors (Lipinski definition) is 1. The smallest absolute Gasteiger partial charge is 0.255 e. The van der Waals surface area contributed by atoms with Crippen molar-refractivity contribution in [1.29, 1.82) is 0 Å². The number of nitrogens with zero attached hydrogens (tertiary/aromatic N) is 1. The van der Waals surface area contributed by atoms with E-state index in [0.717, 1.165) is 12.8 Å². The highest BCUT2D eigenvalue weighted by Crippen LogP contribution is 2.26. The molecule has 1 aliphatic rings. The lowest BCUT2D eigenvalue weighted by Gasteiger charge is -2.37. The first-order valence-electron chi connectivity index (χ1n) is 6.49. The van der Waals surface area contributed by atoms with Crippen LogP contribution in [0.5, 0.6) is 0 Å². The van der Waals surface area contributed by atoms with E-state index < -0.39 is 5.82 Å². The Morgan fingerprint density at radius 3 is 2.89 bits per heavy atom. The van der Waals surface area contributed by atoms with Crippen molar-refractivity contribution in [2.75, 3.05) is 13.1 Å². The van der Waals surface area contributed by atoms with Gasteiger partial charge in [-0.25, -0.2) is 4.39 Å². The molecule has 1 aromatic carbocycles. The molecule has 0 saturated carbocycles. The topological polar surface area (TPSA) is 46.3 Å². The number of benzene rings is 1. The summed E-state index contributed by atoms with van der Waals surface area (Å²) in [7, 11) is 0. The van der Waals surface area contributed by atoms with Gasteiger partial charge in [0.25, 0.3) is 5.91 Å². The van der Waals surface area contributed by atoms with E-state index in [1.807, 2.05) is 6.92 Å². The Kier molecular flexibility index (Phi) is 4.42. The van der Waals surface area contributed by atoms with E-state index in [2.05, 4.69) is 0 Å². The summed E-state index contributed by atoms with van der Waals surface area (Å²) in [5.41, 5.74) is 6.04. The summed E-state index contributed by atoms with van der Waals surface area (Å²) in [5.74, 6) is -0.247. The zero-order chi connectivity index (χ0) is 14.0. The van der Waals surface area contributed by atoms with Crippen LogP contribution in [0, 0.1) is 11.7 Å².